The van der Waals surface area contributed by atoms with Gasteiger partial charge in [0, 0.05) is 24.3 Å². The summed E-state index contributed by atoms with van der Waals surface area (Å²) < 4.78 is 0. The summed E-state index contributed by atoms with van der Waals surface area (Å²) in [7, 11) is 0. The van der Waals surface area contributed by atoms with Gasteiger partial charge in [-0.15, -0.1) is 0 Å². The number of aldehydes is 1. The van der Waals surface area contributed by atoms with Crippen LogP contribution in [-0.2, 0) is 0 Å². The Morgan fingerprint density at radius 3 is 2.36 bits per heavy atom. The molecule has 0 bridgehead atoms. The Labute approximate surface area is 83.0 Å². The van der Waals surface area contributed by atoms with Crippen LogP contribution in [0, 0.1) is 0 Å². The zero-order valence-electron chi connectivity index (χ0n) is 8.10. The van der Waals surface area contributed by atoms with Crippen LogP contribution in [0.5, 0.6) is 0 Å². The average molecular weight is 191 g/mol. The molecule has 1 N–H and O–H groups in total. The lowest BCUT2D eigenvalue weighted by atomic mass is 9.96. The lowest BCUT2D eigenvalue weighted by molar-refractivity contribution is 0.0310. The number of carbonyl (C=O) groups excluding carboxylic acids is 1. The minimum atomic E-state index is -0.552. The highest BCUT2D eigenvalue weighted by atomic mass is 16.3. The second kappa shape index (κ2) is 3.10. The van der Waals surface area contributed by atoms with Crippen LogP contribution >= 0.6 is 0 Å². The van der Waals surface area contributed by atoms with Crippen molar-refractivity contribution >= 4 is 12.0 Å². The van der Waals surface area contributed by atoms with Gasteiger partial charge in [-0.2, -0.15) is 0 Å². The van der Waals surface area contributed by atoms with Crippen molar-refractivity contribution < 1.29 is 9.90 Å². The first-order chi connectivity index (χ1) is 6.61. The number of anilines is 1. The van der Waals surface area contributed by atoms with Gasteiger partial charge in [0.15, 0.2) is 0 Å². The van der Waals surface area contributed by atoms with Gasteiger partial charge in [-0.25, -0.2) is 0 Å². The van der Waals surface area contributed by atoms with Crippen LogP contribution in [-0.4, -0.2) is 30.1 Å². The number of nitrogens with zero attached hydrogens (tertiary/aromatic N) is 1. The number of rotatable bonds is 2. The highest BCUT2D eigenvalue weighted by Gasteiger charge is 2.36. The highest BCUT2D eigenvalue weighted by Crippen LogP contribution is 2.26. The van der Waals surface area contributed by atoms with E-state index in [1.807, 2.05) is 19.1 Å². The second-order valence-corrected chi connectivity index (χ2v) is 4.06. The quantitative estimate of drug-likeness (QED) is 0.711. The smallest absolute Gasteiger partial charge is 0.150 e. The third kappa shape index (κ3) is 1.63. The van der Waals surface area contributed by atoms with Gasteiger partial charge in [0.2, 0.25) is 0 Å². The van der Waals surface area contributed by atoms with Gasteiger partial charge in [-0.3, -0.25) is 4.79 Å². The maximum Gasteiger partial charge on any atom is 0.150 e. The molecule has 0 aromatic heterocycles. The molecule has 0 radical (unpaired) electrons. The maximum absolute atomic E-state index is 10.4. The minimum Gasteiger partial charge on any atom is -0.386 e. The molecule has 0 spiro atoms. The Kier molecular flexibility index (Phi) is 2.04. The summed E-state index contributed by atoms with van der Waals surface area (Å²) in [6.07, 6.45) is 0.829. The average Bonchev–Trinajstić information content (AvgIpc) is 2.14. The number of aliphatic hydroxyl groups is 1. The molecule has 1 aromatic rings. The number of hydrogen-bond donors (Lipinski definition) is 1. The van der Waals surface area contributed by atoms with Crippen LogP contribution in [0.25, 0.3) is 0 Å². The largest absolute Gasteiger partial charge is 0.386 e. The Bertz CT molecular complexity index is 335. The zero-order valence-corrected chi connectivity index (χ0v) is 8.10. The maximum atomic E-state index is 10.4. The first-order valence-electron chi connectivity index (χ1n) is 4.63. The molecule has 1 aliphatic heterocycles. The van der Waals surface area contributed by atoms with E-state index in [1.54, 1.807) is 12.1 Å². The van der Waals surface area contributed by atoms with E-state index >= 15 is 0 Å². The van der Waals surface area contributed by atoms with Crippen LogP contribution in [0.2, 0.25) is 0 Å². The molecule has 1 aromatic carbocycles. The van der Waals surface area contributed by atoms with Crippen molar-refractivity contribution in [1.82, 2.24) is 0 Å². The van der Waals surface area contributed by atoms with E-state index in [0.717, 1.165) is 12.0 Å². The predicted molar refractivity (Wildman–Crippen MR) is 54.7 cm³/mol. The third-order valence-corrected chi connectivity index (χ3v) is 2.46. The number of β-amino-alcohol motifs (C(OH)–C–C–N with tert-alkyl or cyclic N) is 1. The van der Waals surface area contributed by atoms with Gasteiger partial charge < -0.3 is 10.0 Å². The van der Waals surface area contributed by atoms with E-state index in [1.165, 1.54) is 0 Å². The fourth-order valence-corrected chi connectivity index (χ4v) is 1.72. The Balaban J connectivity index is 2.08. The van der Waals surface area contributed by atoms with Crippen molar-refractivity contribution in [2.24, 2.45) is 0 Å². The van der Waals surface area contributed by atoms with Crippen LogP contribution in [0.1, 0.15) is 17.3 Å². The summed E-state index contributed by atoms with van der Waals surface area (Å²) in [5.41, 5.74) is 1.19. The minimum absolute atomic E-state index is 0.552. The molecule has 0 saturated carbocycles. The fourth-order valence-electron chi connectivity index (χ4n) is 1.72. The van der Waals surface area contributed by atoms with E-state index in [-0.39, 0.29) is 0 Å². The normalized spacial score (nSPS) is 18.9. The topological polar surface area (TPSA) is 40.5 Å². The standard InChI is InChI=1S/C11H13NO2/c1-11(14)7-12(8-11)10-4-2-9(6-13)3-5-10/h2-6,14H,7-8H2,1H3. The van der Waals surface area contributed by atoms with Gasteiger partial charge in [0.1, 0.15) is 6.29 Å². The van der Waals surface area contributed by atoms with Crippen LogP contribution in [0.15, 0.2) is 24.3 Å². The molecule has 1 saturated heterocycles. The molecule has 3 nitrogen and oxygen atoms in total. The van der Waals surface area contributed by atoms with Crippen molar-refractivity contribution in [2.75, 3.05) is 18.0 Å². The SMILES string of the molecule is CC1(O)CN(c2ccc(C=O)cc2)C1. The molecule has 2 rings (SSSR count). The molecule has 3 heteroatoms. The monoisotopic (exact) mass is 191 g/mol. The summed E-state index contributed by atoms with van der Waals surface area (Å²) in [4.78, 5) is 12.5. The fraction of sp³-hybridized carbons (Fsp3) is 0.364. The molecular formula is C11H13NO2. The summed E-state index contributed by atoms with van der Waals surface area (Å²) in [6.45, 7) is 3.14. The Hall–Kier alpha value is -1.35. The van der Waals surface area contributed by atoms with Crippen LogP contribution in [0.3, 0.4) is 0 Å². The van der Waals surface area contributed by atoms with E-state index in [2.05, 4.69) is 4.90 Å². The summed E-state index contributed by atoms with van der Waals surface area (Å²) >= 11 is 0. The molecule has 0 unspecified atom stereocenters. The molecule has 0 atom stereocenters. The van der Waals surface area contributed by atoms with Crippen molar-refractivity contribution in [3.63, 3.8) is 0 Å². The van der Waals surface area contributed by atoms with E-state index in [4.69, 9.17) is 0 Å². The second-order valence-electron chi connectivity index (χ2n) is 4.06. The molecule has 1 aliphatic rings. The van der Waals surface area contributed by atoms with Crippen molar-refractivity contribution in [1.29, 1.82) is 0 Å². The first kappa shape index (κ1) is 9.21. The van der Waals surface area contributed by atoms with Crippen molar-refractivity contribution in [3.8, 4) is 0 Å². The van der Waals surface area contributed by atoms with Gasteiger partial charge in [0.05, 0.1) is 5.60 Å². The van der Waals surface area contributed by atoms with E-state index in [9.17, 15) is 9.90 Å². The first-order valence-corrected chi connectivity index (χ1v) is 4.63. The molecule has 0 amide bonds. The molecular weight excluding hydrogens is 178 g/mol. The number of hydrogen-bond acceptors (Lipinski definition) is 3. The van der Waals surface area contributed by atoms with Gasteiger partial charge in [-0.05, 0) is 31.2 Å². The van der Waals surface area contributed by atoms with Crippen LogP contribution < -0.4 is 4.90 Å². The zero-order chi connectivity index (χ0) is 10.2. The lowest BCUT2D eigenvalue weighted by Gasteiger charge is -2.45. The van der Waals surface area contributed by atoms with Gasteiger partial charge in [-0.1, -0.05) is 0 Å². The lowest BCUT2D eigenvalue weighted by Crippen LogP contribution is -2.60. The molecule has 1 fully saturated rings. The van der Waals surface area contributed by atoms with Crippen LogP contribution in [0.4, 0.5) is 5.69 Å². The van der Waals surface area contributed by atoms with Gasteiger partial charge in [0.25, 0.3) is 0 Å². The van der Waals surface area contributed by atoms with Gasteiger partial charge >= 0.3 is 0 Å². The van der Waals surface area contributed by atoms with Crippen molar-refractivity contribution in [2.45, 2.75) is 12.5 Å². The molecule has 0 aliphatic carbocycles. The summed E-state index contributed by atoms with van der Waals surface area (Å²) in [5.74, 6) is 0. The highest BCUT2D eigenvalue weighted by molar-refractivity contribution is 5.75. The Morgan fingerprint density at radius 1 is 1.36 bits per heavy atom. The van der Waals surface area contributed by atoms with E-state index in [0.29, 0.717) is 18.7 Å². The molecule has 14 heavy (non-hydrogen) atoms. The molecule has 1 heterocycles. The number of benzene rings is 1. The molecule has 74 valence electrons. The predicted octanol–water partition coefficient (Wildman–Crippen LogP) is 1.07. The van der Waals surface area contributed by atoms with Crippen molar-refractivity contribution in [3.05, 3.63) is 29.8 Å². The third-order valence-electron chi connectivity index (χ3n) is 2.46. The Morgan fingerprint density at radius 2 is 1.93 bits per heavy atom. The summed E-state index contributed by atoms with van der Waals surface area (Å²) in [5, 5.41) is 9.55. The van der Waals surface area contributed by atoms with E-state index < -0.39 is 5.60 Å². The summed E-state index contributed by atoms with van der Waals surface area (Å²) in [6, 6.07) is 7.38. The number of carbonyl (C=O) groups is 1.